The van der Waals surface area contributed by atoms with Crippen LogP contribution in [0.5, 0.6) is 0 Å². The Morgan fingerprint density at radius 1 is 1.33 bits per heavy atom. The minimum absolute atomic E-state index is 0.148. The topological polar surface area (TPSA) is 66.4 Å². The molecule has 4 nitrogen and oxygen atoms in total. The van der Waals surface area contributed by atoms with Gasteiger partial charge in [0.15, 0.2) is 0 Å². The molecule has 1 fully saturated rings. The summed E-state index contributed by atoms with van der Waals surface area (Å²) >= 11 is 5.78. The predicted octanol–water partition coefficient (Wildman–Crippen LogP) is 2.24. The van der Waals surface area contributed by atoms with Crippen LogP contribution in [-0.4, -0.2) is 17.0 Å². The summed E-state index contributed by atoms with van der Waals surface area (Å²) in [6.07, 6.45) is 0.439. The molecule has 96 valence electrons. The van der Waals surface area contributed by atoms with E-state index in [1.54, 1.807) is 12.1 Å². The van der Waals surface area contributed by atoms with Gasteiger partial charge in [-0.1, -0.05) is 23.7 Å². The van der Waals surface area contributed by atoms with Gasteiger partial charge in [0.2, 0.25) is 5.91 Å². The minimum Gasteiger partial charge on any atom is -0.481 e. The van der Waals surface area contributed by atoms with E-state index in [1.165, 1.54) is 0 Å². The van der Waals surface area contributed by atoms with Crippen LogP contribution < -0.4 is 5.32 Å². The van der Waals surface area contributed by atoms with Gasteiger partial charge in [-0.3, -0.25) is 9.59 Å². The number of amides is 1. The molecule has 0 saturated heterocycles. The van der Waals surface area contributed by atoms with Gasteiger partial charge in [0, 0.05) is 5.02 Å². The molecule has 0 aliphatic heterocycles. The number of carboxylic acid groups (broad SMARTS) is 1. The normalized spacial score (nSPS) is 23.2. The summed E-state index contributed by atoms with van der Waals surface area (Å²) in [5.41, 5.74) is 0.945. The summed E-state index contributed by atoms with van der Waals surface area (Å²) in [7, 11) is 0. The van der Waals surface area contributed by atoms with E-state index in [0.29, 0.717) is 11.4 Å². The number of rotatable bonds is 4. The van der Waals surface area contributed by atoms with Crippen molar-refractivity contribution in [2.75, 3.05) is 0 Å². The highest BCUT2D eigenvalue weighted by Gasteiger charge is 2.48. The van der Waals surface area contributed by atoms with Crippen LogP contribution in [0.2, 0.25) is 5.02 Å². The molecular weight excluding hydrogens is 254 g/mol. The summed E-state index contributed by atoms with van der Waals surface area (Å²) in [4.78, 5) is 22.4. The molecule has 0 heterocycles. The van der Waals surface area contributed by atoms with E-state index in [1.807, 2.05) is 19.1 Å². The molecule has 18 heavy (non-hydrogen) atoms. The molecule has 0 bridgehead atoms. The first-order valence-corrected chi connectivity index (χ1v) is 6.15. The largest absolute Gasteiger partial charge is 0.481 e. The van der Waals surface area contributed by atoms with Crippen LogP contribution in [0.25, 0.3) is 0 Å². The number of carboxylic acids is 1. The van der Waals surface area contributed by atoms with Gasteiger partial charge in [0.1, 0.15) is 0 Å². The first-order chi connectivity index (χ1) is 8.49. The van der Waals surface area contributed by atoms with Crippen molar-refractivity contribution < 1.29 is 14.7 Å². The Morgan fingerprint density at radius 3 is 2.44 bits per heavy atom. The van der Waals surface area contributed by atoms with E-state index in [-0.39, 0.29) is 17.9 Å². The van der Waals surface area contributed by atoms with Crippen molar-refractivity contribution in [1.82, 2.24) is 5.32 Å². The lowest BCUT2D eigenvalue weighted by atomic mass is 10.1. The Morgan fingerprint density at radius 2 is 1.94 bits per heavy atom. The second-order valence-electron chi connectivity index (χ2n) is 4.57. The molecule has 1 aliphatic carbocycles. The van der Waals surface area contributed by atoms with Crippen molar-refractivity contribution in [3.63, 3.8) is 0 Å². The predicted molar refractivity (Wildman–Crippen MR) is 67.2 cm³/mol. The first kappa shape index (κ1) is 12.9. The lowest BCUT2D eigenvalue weighted by Crippen LogP contribution is -2.29. The quantitative estimate of drug-likeness (QED) is 0.879. The molecule has 1 aromatic rings. The average Bonchev–Trinajstić information content (AvgIpc) is 3.09. The smallest absolute Gasteiger partial charge is 0.307 e. The monoisotopic (exact) mass is 267 g/mol. The van der Waals surface area contributed by atoms with Gasteiger partial charge < -0.3 is 10.4 Å². The van der Waals surface area contributed by atoms with Gasteiger partial charge in [-0.25, -0.2) is 0 Å². The highest BCUT2D eigenvalue weighted by molar-refractivity contribution is 6.30. The van der Waals surface area contributed by atoms with Crippen molar-refractivity contribution in [3.05, 3.63) is 34.9 Å². The maximum Gasteiger partial charge on any atom is 0.307 e. The van der Waals surface area contributed by atoms with E-state index in [0.717, 1.165) is 5.56 Å². The second kappa shape index (κ2) is 4.98. The number of nitrogens with one attached hydrogen (secondary N) is 1. The Kier molecular flexibility index (Phi) is 3.57. The highest BCUT2D eigenvalue weighted by atomic mass is 35.5. The van der Waals surface area contributed by atoms with Crippen LogP contribution in [-0.2, 0) is 9.59 Å². The molecule has 5 heteroatoms. The van der Waals surface area contributed by atoms with Gasteiger partial charge in [0.05, 0.1) is 17.9 Å². The number of hydrogen-bond donors (Lipinski definition) is 2. The number of halogens is 1. The zero-order valence-corrected chi connectivity index (χ0v) is 10.6. The highest BCUT2D eigenvalue weighted by Crippen LogP contribution is 2.39. The van der Waals surface area contributed by atoms with Crippen LogP contribution in [0, 0.1) is 11.8 Å². The summed E-state index contributed by atoms with van der Waals surface area (Å²) in [6.45, 7) is 1.86. The maximum absolute atomic E-state index is 11.8. The number of carbonyl (C=O) groups excluding carboxylic acids is 1. The molecule has 0 radical (unpaired) electrons. The fourth-order valence-electron chi connectivity index (χ4n) is 1.91. The van der Waals surface area contributed by atoms with E-state index in [9.17, 15) is 9.59 Å². The van der Waals surface area contributed by atoms with Crippen LogP contribution in [0.1, 0.15) is 24.9 Å². The fraction of sp³-hybridized carbons (Fsp3) is 0.385. The third-order valence-electron chi connectivity index (χ3n) is 3.17. The Hall–Kier alpha value is -1.55. The number of benzene rings is 1. The molecule has 1 aliphatic rings. The first-order valence-electron chi connectivity index (χ1n) is 5.77. The number of carbonyl (C=O) groups is 2. The van der Waals surface area contributed by atoms with E-state index < -0.39 is 11.9 Å². The lowest BCUT2D eigenvalue weighted by Gasteiger charge is -2.14. The summed E-state index contributed by atoms with van der Waals surface area (Å²) in [6, 6.07) is 7.06. The zero-order valence-electron chi connectivity index (χ0n) is 9.89. The fourth-order valence-corrected chi connectivity index (χ4v) is 2.04. The Balaban J connectivity index is 1.92. The molecule has 3 unspecified atom stereocenters. The molecule has 1 saturated carbocycles. The zero-order chi connectivity index (χ0) is 13.3. The van der Waals surface area contributed by atoms with Crippen molar-refractivity contribution in [1.29, 1.82) is 0 Å². The number of hydrogen-bond acceptors (Lipinski definition) is 2. The third-order valence-corrected chi connectivity index (χ3v) is 3.43. The molecular formula is C13H14ClNO3. The minimum atomic E-state index is -0.894. The Bertz CT molecular complexity index is 472. The summed E-state index contributed by atoms with van der Waals surface area (Å²) in [5, 5.41) is 12.2. The van der Waals surface area contributed by atoms with Crippen molar-refractivity contribution in [3.8, 4) is 0 Å². The Labute approximate surface area is 110 Å². The van der Waals surface area contributed by atoms with E-state index >= 15 is 0 Å². The number of aliphatic carboxylic acids is 1. The SMILES string of the molecule is CC(NC(=O)C1CC1C(=O)O)c1ccc(Cl)cc1. The molecule has 0 spiro atoms. The molecule has 1 aromatic carbocycles. The van der Waals surface area contributed by atoms with Gasteiger partial charge in [-0.2, -0.15) is 0 Å². The maximum atomic E-state index is 11.8. The standard InChI is InChI=1S/C13H14ClNO3/c1-7(8-2-4-9(14)5-3-8)15-12(16)10-6-11(10)13(17)18/h2-5,7,10-11H,6H2,1H3,(H,15,16)(H,17,18). The van der Waals surface area contributed by atoms with E-state index in [2.05, 4.69) is 5.32 Å². The second-order valence-corrected chi connectivity index (χ2v) is 5.01. The van der Waals surface area contributed by atoms with Gasteiger partial charge in [-0.05, 0) is 31.0 Å². The van der Waals surface area contributed by atoms with Crippen LogP contribution in [0.3, 0.4) is 0 Å². The molecule has 0 aromatic heterocycles. The van der Waals surface area contributed by atoms with Gasteiger partial charge in [0.25, 0.3) is 0 Å². The van der Waals surface area contributed by atoms with Crippen LogP contribution in [0.15, 0.2) is 24.3 Å². The van der Waals surface area contributed by atoms with Crippen molar-refractivity contribution in [2.24, 2.45) is 11.8 Å². The summed E-state index contributed by atoms with van der Waals surface area (Å²) in [5.74, 6) is -1.97. The van der Waals surface area contributed by atoms with Crippen molar-refractivity contribution in [2.45, 2.75) is 19.4 Å². The third kappa shape index (κ3) is 2.82. The molecule has 1 amide bonds. The summed E-state index contributed by atoms with van der Waals surface area (Å²) < 4.78 is 0. The lowest BCUT2D eigenvalue weighted by molar-refractivity contribution is -0.140. The van der Waals surface area contributed by atoms with Gasteiger partial charge in [-0.15, -0.1) is 0 Å². The van der Waals surface area contributed by atoms with Gasteiger partial charge >= 0.3 is 5.97 Å². The van der Waals surface area contributed by atoms with E-state index in [4.69, 9.17) is 16.7 Å². The molecule has 3 atom stereocenters. The molecule has 2 rings (SSSR count). The van der Waals surface area contributed by atoms with Crippen molar-refractivity contribution >= 4 is 23.5 Å². The average molecular weight is 268 g/mol. The van der Waals surface area contributed by atoms with Crippen LogP contribution >= 0.6 is 11.6 Å². The molecule has 2 N–H and O–H groups in total. The van der Waals surface area contributed by atoms with Crippen LogP contribution in [0.4, 0.5) is 0 Å².